The summed E-state index contributed by atoms with van der Waals surface area (Å²) in [6.45, 7) is 3.83. The number of hydrogen-bond acceptors (Lipinski definition) is 10. The van der Waals surface area contributed by atoms with Gasteiger partial charge in [0.25, 0.3) is 0 Å². The van der Waals surface area contributed by atoms with Crippen molar-refractivity contribution < 1.29 is 29.5 Å². The second-order valence-electron chi connectivity index (χ2n) is 9.21. The molecule has 4 rings (SSSR count). The summed E-state index contributed by atoms with van der Waals surface area (Å²) >= 11 is 0. The lowest BCUT2D eigenvalue weighted by Gasteiger charge is -2.31. The maximum absolute atomic E-state index is 11.0. The number of aliphatic imine (C=N–C) groups is 2. The summed E-state index contributed by atoms with van der Waals surface area (Å²) in [5, 5.41) is 31.6. The van der Waals surface area contributed by atoms with Crippen LogP contribution in [0.1, 0.15) is 22.9 Å². The summed E-state index contributed by atoms with van der Waals surface area (Å²) in [6.07, 6.45) is 3.09. The first kappa shape index (κ1) is 28.7. The fraction of sp³-hybridized carbons (Fsp3) is 0.333. The molecule has 0 atom stereocenters. The summed E-state index contributed by atoms with van der Waals surface area (Å²) in [7, 11) is 4.56. The summed E-state index contributed by atoms with van der Waals surface area (Å²) < 4.78 is 15.7. The van der Waals surface area contributed by atoms with Crippen LogP contribution in [0, 0.1) is 0 Å². The van der Waals surface area contributed by atoms with Crippen molar-refractivity contribution in [2.24, 2.45) is 9.98 Å². The van der Waals surface area contributed by atoms with Crippen LogP contribution in [0.3, 0.4) is 0 Å². The van der Waals surface area contributed by atoms with Crippen molar-refractivity contribution in [3.05, 3.63) is 71.3 Å². The highest BCUT2D eigenvalue weighted by atomic mass is 16.5. The maximum atomic E-state index is 11.0. The number of hydrogen-bond donors (Lipinski definition) is 3. The number of methoxy groups -OCH3 is 3. The van der Waals surface area contributed by atoms with Gasteiger partial charge < -0.3 is 29.5 Å². The normalized spacial score (nSPS) is 16.2. The monoisotopic (exact) mass is 548 g/mol. The molecule has 1 heterocycles. The average Bonchev–Trinajstić information content (AvgIpc) is 3.37. The molecule has 0 aliphatic carbocycles. The molecular weight excluding hydrogens is 512 g/mol. The lowest BCUT2D eigenvalue weighted by atomic mass is 10.1. The van der Waals surface area contributed by atoms with Crippen LogP contribution in [-0.4, -0.2) is 98.1 Å². The molecule has 0 saturated carbocycles. The van der Waals surface area contributed by atoms with Crippen LogP contribution < -0.4 is 14.2 Å². The summed E-state index contributed by atoms with van der Waals surface area (Å²) in [6, 6.07) is 16.1. The van der Waals surface area contributed by atoms with Crippen molar-refractivity contribution in [1.29, 1.82) is 0 Å². The zero-order valence-corrected chi connectivity index (χ0v) is 23.0. The predicted octanol–water partition coefficient (Wildman–Crippen LogP) is 3.68. The van der Waals surface area contributed by atoms with Gasteiger partial charge in [0, 0.05) is 55.3 Å². The number of para-hydroxylation sites is 3. The molecule has 3 aromatic rings. The molecule has 40 heavy (non-hydrogen) atoms. The van der Waals surface area contributed by atoms with Crippen molar-refractivity contribution in [2.75, 3.05) is 60.6 Å². The van der Waals surface area contributed by atoms with Gasteiger partial charge in [-0.2, -0.15) is 0 Å². The fourth-order valence-electron chi connectivity index (χ4n) is 4.82. The average molecular weight is 549 g/mol. The zero-order valence-electron chi connectivity index (χ0n) is 23.0. The summed E-state index contributed by atoms with van der Waals surface area (Å²) in [4.78, 5) is 13.6. The molecule has 0 radical (unpaired) electrons. The molecule has 0 bridgehead atoms. The quantitative estimate of drug-likeness (QED) is 0.293. The molecule has 0 amide bonds. The van der Waals surface area contributed by atoms with E-state index in [1.165, 1.54) is 21.3 Å². The van der Waals surface area contributed by atoms with E-state index < -0.39 is 0 Å². The second-order valence-corrected chi connectivity index (χ2v) is 9.21. The van der Waals surface area contributed by atoms with E-state index in [1.807, 2.05) is 12.1 Å². The number of aromatic hydroxyl groups is 3. The van der Waals surface area contributed by atoms with Gasteiger partial charge in [-0.05, 0) is 30.3 Å². The van der Waals surface area contributed by atoms with E-state index in [9.17, 15) is 15.3 Å². The Bertz CT molecular complexity index is 1270. The number of phenols is 3. The first-order chi connectivity index (χ1) is 19.5. The van der Waals surface area contributed by atoms with E-state index in [0.717, 1.165) is 18.7 Å². The van der Waals surface area contributed by atoms with E-state index in [-0.39, 0.29) is 23.4 Å². The molecule has 10 heteroatoms. The van der Waals surface area contributed by atoms with Crippen molar-refractivity contribution in [3.8, 4) is 34.5 Å². The van der Waals surface area contributed by atoms with Gasteiger partial charge in [-0.15, -0.1) is 0 Å². The van der Waals surface area contributed by atoms with Crippen molar-refractivity contribution in [2.45, 2.75) is 6.17 Å². The number of benzene rings is 3. The Hall–Kier alpha value is -4.28. The number of phenolic OH excluding ortho intramolecular Hbond substituents is 3. The van der Waals surface area contributed by atoms with E-state index >= 15 is 0 Å². The molecule has 1 saturated heterocycles. The van der Waals surface area contributed by atoms with Crippen LogP contribution in [0.15, 0.2) is 64.6 Å². The Balaban J connectivity index is 1.47. The van der Waals surface area contributed by atoms with Gasteiger partial charge in [-0.1, -0.05) is 24.3 Å². The molecule has 3 N–H and O–H groups in total. The Labute approximate surface area is 234 Å². The van der Waals surface area contributed by atoms with Crippen LogP contribution in [0.2, 0.25) is 0 Å². The van der Waals surface area contributed by atoms with Crippen LogP contribution in [0.4, 0.5) is 0 Å². The standard InChI is InChI=1S/C30H36N4O6/c1-38-24-10-4-7-21(27(24)35)19-31-13-15-33-17-18-34(30(33)23-9-6-12-26(40-3)29(23)37)16-14-32-20-22-8-5-11-25(39-2)28(22)36/h4-12,19-20,30,35-37H,13-18H2,1-3H3. The highest BCUT2D eigenvalue weighted by Gasteiger charge is 2.34. The minimum absolute atomic E-state index is 0.0584. The first-order valence-electron chi connectivity index (χ1n) is 13.0. The lowest BCUT2D eigenvalue weighted by Crippen LogP contribution is -2.34. The minimum Gasteiger partial charge on any atom is -0.504 e. The second kappa shape index (κ2) is 13.7. The number of nitrogens with zero attached hydrogens (tertiary/aromatic N) is 4. The van der Waals surface area contributed by atoms with Crippen LogP contribution in [0.5, 0.6) is 34.5 Å². The third kappa shape index (κ3) is 6.47. The third-order valence-corrected chi connectivity index (χ3v) is 6.89. The van der Waals surface area contributed by atoms with Crippen LogP contribution in [0.25, 0.3) is 0 Å². The van der Waals surface area contributed by atoms with Crippen molar-refractivity contribution in [1.82, 2.24) is 9.80 Å². The smallest absolute Gasteiger partial charge is 0.166 e. The van der Waals surface area contributed by atoms with Gasteiger partial charge in [-0.25, -0.2) is 0 Å². The van der Waals surface area contributed by atoms with Gasteiger partial charge in [0.05, 0.1) is 40.6 Å². The van der Waals surface area contributed by atoms with E-state index in [4.69, 9.17) is 14.2 Å². The number of rotatable bonds is 12. The SMILES string of the molecule is COc1cccc(C=NCCN2CCN(CCN=Cc3cccc(OC)c3O)C2c2cccc(OC)c2O)c1O. The van der Waals surface area contributed by atoms with Crippen LogP contribution in [-0.2, 0) is 0 Å². The molecule has 0 spiro atoms. The van der Waals surface area contributed by atoms with Gasteiger partial charge in [0.15, 0.2) is 34.5 Å². The van der Waals surface area contributed by atoms with Gasteiger partial charge >= 0.3 is 0 Å². The van der Waals surface area contributed by atoms with Gasteiger partial charge in [0.1, 0.15) is 0 Å². The van der Waals surface area contributed by atoms with Crippen LogP contribution >= 0.6 is 0 Å². The van der Waals surface area contributed by atoms with Crippen molar-refractivity contribution >= 4 is 12.4 Å². The van der Waals surface area contributed by atoms with Gasteiger partial charge in [0.2, 0.25) is 0 Å². The molecule has 212 valence electrons. The molecule has 0 unspecified atom stereocenters. The fourth-order valence-corrected chi connectivity index (χ4v) is 4.82. The number of ether oxygens (including phenoxy) is 3. The molecule has 1 aliphatic heterocycles. The Morgan fingerprint density at radius 2 is 1.10 bits per heavy atom. The Morgan fingerprint density at radius 1 is 0.675 bits per heavy atom. The van der Waals surface area contributed by atoms with E-state index in [2.05, 4.69) is 19.8 Å². The molecule has 1 aliphatic rings. The minimum atomic E-state index is -0.198. The predicted molar refractivity (Wildman–Crippen MR) is 155 cm³/mol. The highest BCUT2D eigenvalue weighted by molar-refractivity contribution is 5.85. The topological polar surface area (TPSA) is 120 Å². The molecular formula is C30H36N4O6. The molecule has 10 nitrogen and oxygen atoms in total. The lowest BCUT2D eigenvalue weighted by molar-refractivity contribution is 0.140. The zero-order chi connectivity index (χ0) is 28.5. The molecule has 3 aromatic carbocycles. The highest BCUT2D eigenvalue weighted by Crippen LogP contribution is 2.39. The summed E-state index contributed by atoms with van der Waals surface area (Å²) in [5.41, 5.74) is 1.93. The van der Waals surface area contributed by atoms with E-state index in [1.54, 1.807) is 54.9 Å². The van der Waals surface area contributed by atoms with E-state index in [0.29, 0.717) is 54.6 Å². The Morgan fingerprint density at radius 3 is 1.55 bits per heavy atom. The summed E-state index contributed by atoms with van der Waals surface area (Å²) in [5.74, 6) is 1.45. The largest absolute Gasteiger partial charge is 0.504 e. The van der Waals surface area contributed by atoms with Crippen molar-refractivity contribution in [3.63, 3.8) is 0 Å². The Kier molecular flexibility index (Phi) is 9.82. The molecule has 1 fully saturated rings. The van der Waals surface area contributed by atoms with Gasteiger partial charge in [-0.3, -0.25) is 19.8 Å². The third-order valence-electron chi connectivity index (χ3n) is 6.89. The first-order valence-corrected chi connectivity index (χ1v) is 13.0. The maximum Gasteiger partial charge on any atom is 0.166 e. The molecule has 0 aromatic heterocycles.